The number of fused-ring (bicyclic) bond motifs is 1. The first-order chi connectivity index (χ1) is 14.9. The Morgan fingerprint density at radius 3 is 2.35 bits per heavy atom. The second kappa shape index (κ2) is 8.48. The van der Waals surface area contributed by atoms with E-state index in [0.717, 1.165) is 17.7 Å². The molecule has 1 aromatic carbocycles. The number of nitrogens with zero attached hydrogens (tertiary/aromatic N) is 6. The second-order valence-corrected chi connectivity index (χ2v) is 7.72. The van der Waals surface area contributed by atoms with Crippen molar-refractivity contribution in [2.45, 2.75) is 6.54 Å². The van der Waals surface area contributed by atoms with Crippen LogP contribution in [0.3, 0.4) is 0 Å². The molecule has 3 heterocycles. The Morgan fingerprint density at radius 1 is 1.03 bits per heavy atom. The van der Waals surface area contributed by atoms with Gasteiger partial charge in [-0.2, -0.15) is 4.98 Å². The van der Waals surface area contributed by atoms with Crippen molar-refractivity contribution in [3.63, 3.8) is 0 Å². The SMILES string of the molecule is Cn1c(=O)c2c(nc(N3CCN(CCO)CC3)n2CC(=O)c2ccccc2)n(C)c1=O. The van der Waals surface area contributed by atoms with E-state index in [9.17, 15) is 19.5 Å². The van der Waals surface area contributed by atoms with Gasteiger partial charge in [0, 0.05) is 52.4 Å². The highest BCUT2D eigenvalue weighted by atomic mass is 16.3. The summed E-state index contributed by atoms with van der Waals surface area (Å²) in [4.78, 5) is 47.2. The lowest BCUT2D eigenvalue weighted by atomic mass is 10.1. The lowest BCUT2D eigenvalue weighted by molar-refractivity contribution is 0.0973. The Hall–Kier alpha value is -3.24. The monoisotopic (exact) mass is 426 g/mol. The van der Waals surface area contributed by atoms with Gasteiger partial charge >= 0.3 is 5.69 Å². The first-order valence-corrected chi connectivity index (χ1v) is 10.2. The summed E-state index contributed by atoms with van der Waals surface area (Å²) in [5, 5.41) is 9.18. The number of rotatable bonds is 6. The average Bonchev–Trinajstić information content (AvgIpc) is 3.17. The number of anilines is 1. The van der Waals surface area contributed by atoms with Gasteiger partial charge in [-0.15, -0.1) is 0 Å². The minimum Gasteiger partial charge on any atom is -0.395 e. The summed E-state index contributed by atoms with van der Waals surface area (Å²) in [6.45, 7) is 3.38. The van der Waals surface area contributed by atoms with Crippen molar-refractivity contribution >= 4 is 22.9 Å². The molecule has 31 heavy (non-hydrogen) atoms. The van der Waals surface area contributed by atoms with E-state index in [1.54, 1.807) is 35.9 Å². The molecule has 1 saturated heterocycles. The summed E-state index contributed by atoms with van der Waals surface area (Å²) >= 11 is 0. The molecule has 0 aliphatic carbocycles. The zero-order valence-electron chi connectivity index (χ0n) is 17.7. The van der Waals surface area contributed by atoms with Gasteiger partial charge in [-0.1, -0.05) is 30.3 Å². The molecule has 0 saturated carbocycles. The number of hydrogen-bond donors (Lipinski definition) is 1. The van der Waals surface area contributed by atoms with Gasteiger partial charge in [-0.3, -0.25) is 28.2 Å². The Labute approximate surface area is 178 Å². The van der Waals surface area contributed by atoms with Crippen LogP contribution in [0.2, 0.25) is 0 Å². The molecule has 1 N–H and O–H groups in total. The third-order valence-corrected chi connectivity index (χ3v) is 5.80. The van der Waals surface area contributed by atoms with E-state index in [1.165, 1.54) is 11.6 Å². The van der Waals surface area contributed by atoms with Crippen LogP contribution < -0.4 is 16.1 Å². The Balaban J connectivity index is 1.81. The number of carbonyl (C=O) groups excluding carboxylic acids is 1. The van der Waals surface area contributed by atoms with Crippen LogP contribution in [-0.4, -0.2) is 73.8 Å². The number of carbonyl (C=O) groups is 1. The molecule has 164 valence electrons. The predicted octanol–water partition coefficient (Wildman–Crippen LogP) is -0.569. The van der Waals surface area contributed by atoms with E-state index in [0.29, 0.717) is 31.1 Å². The maximum atomic E-state index is 13.0. The van der Waals surface area contributed by atoms with Crippen molar-refractivity contribution in [3.05, 3.63) is 56.7 Å². The van der Waals surface area contributed by atoms with Crippen LogP contribution in [0.25, 0.3) is 11.2 Å². The van der Waals surface area contributed by atoms with Gasteiger partial charge in [0.1, 0.15) is 0 Å². The number of piperazine rings is 1. The first-order valence-electron chi connectivity index (χ1n) is 10.2. The molecule has 0 amide bonds. The number of Topliss-reactive ketones (excluding diaryl/α,β-unsaturated/α-hetero) is 1. The van der Waals surface area contributed by atoms with Crippen LogP contribution in [-0.2, 0) is 20.6 Å². The highest BCUT2D eigenvalue weighted by Crippen LogP contribution is 2.22. The molecule has 1 aliphatic heterocycles. The molecule has 0 radical (unpaired) electrons. The van der Waals surface area contributed by atoms with Crippen molar-refractivity contribution in [3.8, 4) is 0 Å². The third-order valence-electron chi connectivity index (χ3n) is 5.80. The molecule has 1 fully saturated rings. The molecule has 0 unspecified atom stereocenters. The van der Waals surface area contributed by atoms with E-state index >= 15 is 0 Å². The number of aromatic nitrogens is 4. The van der Waals surface area contributed by atoms with Crippen molar-refractivity contribution in [1.82, 2.24) is 23.6 Å². The van der Waals surface area contributed by atoms with Crippen molar-refractivity contribution in [2.24, 2.45) is 14.1 Å². The van der Waals surface area contributed by atoms with Crippen molar-refractivity contribution in [1.29, 1.82) is 0 Å². The van der Waals surface area contributed by atoms with Gasteiger partial charge in [-0.25, -0.2) is 4.79 Å². The van der Waals surface area contributed by atoms with Crippen LogP contribution in [0.15, 0.2) is 39.9 Å². The number of aryl methyl sites for hydroxylation is 1. The predicted molar refractivity (Wildman–Crippen MR) is 117 cm³/mol. The van der Waals surface area contributed by atoms with Gasteiger partial charge in [0.15, 0.2) is 16.9 Å². The molecule has 4 rings (SSSR count). The molecule has 1 aliphatic rings. The summed E-state index contributed by atoms with van der Waals surface area (Å²) < 4.78 is 4.01. The number of hydrogen-bond acceptors (Lipinski definition) is 7. The minimum atomic E-state index is -0.475. The fourth-order valence-electron chi connectivity index (χ4n) is 4.00. The lowest BCUT2D eigenvalue weighted by Crippen LogP contribution is -2.48. The average molecular weight is 426 g/mol. The standard InChI is InChI=1S/C21H26N6O4/c1-23-18-17(19(30)24(2)21(23)31)27(14-16(29)15-6-4-3-5-7-15)20(22-18)26-10-8-25(9-11-26)12-13-28/h3-7,28H,8-14H2,1-2H3. The third kappa shape index (κ3) is 3.79. The van der Waals surface area contributed by atoms with Gasteiger partial charge in [0.25, 0.3) is 5.56 Å². The largest absolute Gasteiger partial charge is 0.395 e. The van der Waals surface area contributed by atoms with E-state index in [4.69, 9.17) is 0 Å². The first kappa shape index (κ1) is 21.0. The van der Waals surface area contributed by atoms with Crippen LogP contribution in [0.4, 0.5) is 5.95 Å². The molecular formula is C21H26N6O4. The topological polar surface area (TPSA) is 106 Å². The summed E-state index contributed by atoms with van der Waals surface area (Å²) in [6, 6.07) is 8.91. The molecule has 0 atom stereocenters. The number of β-amino-alcohol motifs (C(OH)–C–C–N with tert-alkyl or cyclic N) is 1. The van der Waals surface area contributed by atoms with E-state index in [1.807, 2.05) is 11.0 Å². The minimum absolute atomic E-state index is 0.0554. The highest BCUT2D eigenvalue weighted by Gasteiger charge is 2.26. The van der Waals surface area contributed by atoms with Crippen LogP contribution >= 0.6 is 0 Å². The van der Waals surface area contributed by atoms with Crippen LogP contribution in [0.5, 0.6) is 0 Å². The fourth-order valence-corrected chi connectivity index (χ4v) is 4.00. The molecule has 10 nitrogen and oxygen atoms in total. The number of benzene rings is 1. The smallest absolute Gasteiger partial charge is 0.332 e. The molecule has 10 heteroatoms. The number of imidazole rings is 1. The zero-order chi connectivity index (χ0) is 22.1. The van der Waals surface area contributed by atoms with Crippen molar-refractivity contribution < 1.29 is 9.90 Å². The molecule has 0 bridgehead atoms. The fraction of sp³-hybridized carbons (Fsp3) is 0.429. The maximum Gasteiger partial charge on any atom is 0.332 e. The second-order valence-electron chi connectivity index (χ2n) is 7.72. The maximum absolute atomic E-state index is 13.0. The Kier molecular flexibility index (Phi) is 5.75. The number of ketones is 1. The van der Waals surface area contributed by atoms with E-state index in [2.05, 4.69) is 9.88 Å². The Morgan fingerprint density at radius 2 is 1.71 bits per heavy atom. The van der Waals surface area contributed by atoms with Gasteiger partial charge in [-0.05, 0) is 0 Å². The zero-order valence-corrected chi connectivity index (χ0v) is 17.7. The van der Waals surface area contributed by atoms with Gasteiger partial charge < -0.3 is 10.0 Å². The lowest BCUT2D eigenvalue weighted by Gasteiger charge is -2.35. The van der Waals surface area contributed by atoms with E-state index < -0.39 is 11.2 Å². The van der Waals surface area contributed by atoms with E-state index in [-0.39, 0.29) is 30.1 Å². The van der Waals surface area contributed by atoms with Gasteiger partial charge in [0.05, 0.1) is 13.2 Å². The summed E-state index contributed by atoms with van der Waals surface area (Å²) in [6.07, 6.45) is 0. The molecule has 2 aromatic heterocycles. The number of aliphatic hydroxyl groups excluding tert-OH is 1. The summed E-state index contributed by atoms with van der Waals surface area (Å²) in [7, 11) is 3.00. The van der Waals surface area contributed by atoms with Crippen LogP contribution in [0, 0.1) is 0 Å². The number of aliphatic hydroxyl groups is 1. The van der Waals surface area contributed by atoms with Crippen LogP contribution in [0.1, 0.15) is 10.4 Å². The molecule has 3 aromatic rings. The molecule has 0 spiro atoms. The van der Waals surface area contributed by atoms with Crippen molar-refractivity contribution in [2.75, 3.05) is 44.2 Å². The molecular weight excluding hydrogens is 400 g/mol. The summed E-state index contributed by atoms with van der Waals surface area (Å²) in [5.74, 6) is 0.359. The normalized spacial score (nSPS) is 15.0. The Bertz CT molecular complexity index is 1220. The van der Waals surface area contributed by atoms with Gasteiger partial charge in [0.2, 0.25) is 5.95 Å². The summed E-state index contributed by atoms with van der Waals surface area (Å²) in [5.41, 5.74) is 0.112. The highest BCUT2D eigenvalue weighted by molar-refractivity contribution is 5.97. The quantitative estimate of drug-likeness (QED) is 0.526.